The van der Waals surface area contributed by atoms with Gasteiger partial charge in [-0.05, 0) is 36.6 Å². The maximum Gasteiger partial charge on any atom is 0.243 e. The first-order chi connectivity index (χ1) is 9.76. The van der Waals surface area contributed by atoms with Crippen molar-refractivity contribution in [1.29, 1.82) is 5.26 Å². The molecule has 5 nitrogen and oxygen atoms in total. The largest absolute Gasteiger partial charge is 0.330 e. The SMILES string of the molecule is CCCN(CC(C)(C)CN)S(=O)(=O)c1cccc(C#N)c1. The van der Waals surface area contributed by atoms with Gasteiger partial charge in [-0.1, -0.05) is 26.8 Å². The van der Waals surface area contributed by atoms with E-state index in [0.717, 1.165) is 6.42 Å². The molecule has 0 aliphatic rings. The minimum Gasteiger partial charge on any atom is -0.330 e. The Balaban J connectivity index is 3.18. The van der Waals surface area contributed by atoms with Crippen LogP contribution in [0.25, 0.3) is 0 Å². The standard InChI is InChI=1S/C15H23N3O2S/c1-4-8-18(12-15(2,3)11-17)21(19,20)14-7-5-6-13(9-14)10-16/h5-7,9H,4,8,11-12,17H2,1-3H3. The summed E-state index contributed by atoms with van der Waals surface area (Å²) < 4.78 is 27.0. The first-order valence-electron chi connectivity index (χ1n) is 6.97. The molecule has 21 heavy (non-hydrogen) atoms. The number of nitriles is 1. The van der Waals surface area contributed by atoms with E-state index in [1.165, 1.54) is 16.4 Å². The molecule has 6 heteroatoms. The number of nitrogens with zero attached hydrogens (tertiary/aromatic N) is 2. The molecule has 0 spiro atoms. The molecular formula is C15H23N3O2S. The van der Waals surface area contributed by atoms with E-state index in [-0.39, 0.29) is 10.3 Å². The fourth-order valence-electron chi connectivity index (χ4n) is 1.95. The number of hydrogen-bond acceptors (Lipinski definition) is 4. The lowest BCUT2D eigenvalue weighted by molar-refractivity contribution is 0.266. The third kappa shape index (κ3) is 4.53. The van der Waals surface area contributed by atoms with E-state index < -0.39 is 10.0 Å². The van der Waals surface area contributed by atoms with Gasteiger partial charge in [0.2, 0.25) is 10.0 Å². The van der Waals surface area contributed by atoms with Gasteiger partial charge in [0.25, 0.3) is 0 Å². The van der Waals surface area contributed by atoms with E-state index in [4.69, 9.17) is 11.0 Å². The molecule has 0 fully saturated rings. The van der Waals surface area contributed by atoms with Crippen molar-refractivity contribution in [1.82, 2.24) is 4.31 Å². The molecule has 1 rings (SSSR count). The molecule has 0 aliphatic heterocycles. The van der Waals surface area contributed by atoms with Crippen LogP contribution in [0.2, 0.25) is 0 Å². The molecular weight excluding hydrogens is 286 g/mol. The first-order valence-corrected chi connectivity index (χ1v) is 8.41. The Morgan fingerprint density at radius 3 is 2.57 bits per heavy atom. The molecule has 0 aliphatic carbocycles. The second-order valence-electron chi connectivity index (χ2n) is 5.85. The normalized spacial score (nSPS) is 12.4. The van der Waals surface area contributed by atoms with E-state index in [1.54, 1.807) is 12.1 Å². The van der Waals surface area contributed by atoms with Gasteiger partial charge >= 0.3 is 0 Å². The van der Waals surface area contributed by atoms with Crippen molar-refractivity contribution >= 4 is 10.0 Å². The Morgan fingerprint density at radius 1 is 1.38 bits per heavy atom. The molecule has 0 atom stereocenters. The third-order valence-corrected chi connectivity index (χ3v) is 5.07. The van der Waals surface area contributed by atoms with Gasteiger partial charge < -0.3 is 5.73 Å². The monoisotopic (exact) mass is 309 g/mol. The molecule has 0 saturated carbocycles. The van der Waals surface area contributed by atoms with E-state index in [2.05, 4.69) is 0 Å². The van der Waals surface area contributed by atoms with Crippen LogP contribution >= 0.6 is 0 Å². The average molecular weight is 309 g/mol. The van der Waals surface area contributed by atoms with Crippen molar-refractivity contribution in [3.8, 4) is 6.07 Å². The van der Waals surface area contributed by atoms with Crippen LogP contribution in [0.5, 0.6) is 0 Å². The van der Waals surface area contributed by atoms with Crippen molar-refractivity contribution in [2.24, 2.45) is 11.1 Å². The third-order valence-electron chi connectivity index (χ3n) is 3.23. The molecule has 0 amide bonds. The van der Waals surface area contributed by atoms with Crippen molar-refractivity contribution < 1.29 is 8.42 Å². The van der Waals surface area contributed by atoms with Crippen LogP contribution in [0, 0.1) is 16.7 Å². The lowest BCUT2D eigenvalue weighted by Crippen LogP contribution is -2.42. The lowest BCUT2D eigenvalue weighted by atomic mass is 9.94. The van der Waals surface area contributed by atoms with E-state index in [0.29, 0.717) is 25.2 Å². The Bertz CT molecular complexity index is 618. The van der Waals surface area contributed by atoms with Crippen LogP contribution in [-0.4, -0.2) is 32.4 Å². The smallest absolute Gasteiger partial charge is 0.243 e. The summed E-state index contributed by atoms with van der Waals surface area (Å²) in [6, 6.07) is 8.08. The van der Waals surface area contributed by atoms with Crippen molar-refractivity contribution in [2.45, 2.75) is 32.1 Å². The predicted molar refractivity (Wildman–Crippen MR) is 83.0 cm³/mol. The highest BCUT2D eigenvalue weighted by Gasteiger charge is 2.29. The summed E-state index contributed by atoms with van der Waals surface area (Å²) in [7, 11) is -3.61. The molecule has 2 N–H and O–H groups in total. The average Bonchev–Trinajstić information content (AvgIpc) is 2.46. The van der Waals surface area contributed by atoms with Gasteiger partial charge in [-0.25, -0.2) is 8.42 Å². The zero-order chi connectivity index (χ0) is 16.1. The van der Waals surface area contributed by atoms with Crippen molar-refractivity contribution in [2.75, 3.05) is 19.6 Å². The number of benzene rings is 1. The zero-order valence-electron chi connectivity index (χ0n) is 12.8. The second kappa shape index (κ2) is 7.03. The summed E-state index contributed by atoms with van der Waals surface area (Å²) in [5.41, 5.74) is 5.76. The molecule has 0 unspecified atom stereocenters. The fourth-order valence-corrected chi connectivity index (χ4v) is 3.72. The minimum atomic E-state index is -3.61. The van der Waals surface area contributed by atoms with Crippen LogP contribution in [0.3, 0.4) is 0 Å². The second-order valence-corrected chi connectivity index (χ2v) is 7.78. The van der Waals surface area contributed by atoms with Gasteiger partial charge in [0.15, 0.2) is 0 Å². The van der Waals surface area contributed by atoms with Crippen LogP contribution in [0.1, 0.15) is 32.8 Å². The van der Waals surface area contributed by atoms with Crippen LogP contribution in [0.4, 0.5) is 0 Å². The summed E-state index contributed by atoms with van der Waals surface area (Å²) >= 11 is 0. The molecule has 0 radical (unpaired) electrons. The number of hydrogen-bond donors (Lipinski definition) is 1. The Labute approximate surface area is 127 Å². The predicted octanol–water partition coefficient (Wildman–Crippen LogP) is 1.94. The fraction of sp³-hybridized carbons (Fsp3) is 0.533. The van der Waals surface area contributed by atoms with Gasteiger partial charge in [0, 0.05) is 13.1 Å². The Hall–Kier alpha value is -1.42. The maximum absolute atomic E-state index is 12.8. The van der Waals surface area contributed by atoms with Gasteiger partial charge in [0.05, 0.1) is 16.5 Å². The van der Waals surface area contributed by atoms with Gasteiger partial charge in [-0.15, -0.1) is 0 Å². The van der Waals surface area contributed by atoms with Crippen LogP contribution in [0.15, 0.2) is 29.2 Å². The summed E-state index contributed by atoms with van der Waals surface area (Å²) in [5.74, 6) is 0. The Kier molecular flexibility index (Phi) is 5.90. The molecule has 0 saturated heterocycles. The molecule has 0 bridgehead atoms. The summed E-state index contributed by atoms with van der Waals surface area (Å²) in [6.07, 6.45) is 0.720. The first kappa shape index (κ1) is 17.6. The van der Waals surface area contributed by atoms with Gasteiger partial charge in [0.1, 0.15) is 0 Å². The molecule has 1 aromatic rings. The maximum atomic E-state index is 12.8. The molecule has 0 aromatic heterocycles. The van der Waals surface area contributed by atoms with Gasteiger partial charge in [-0.3, -0.25) is 0 Å². The molecule has 1 aromatic carbocycles. The zero-order valence-corrected chi connectivity index (χ0v) is 13.7. The minimum absolute atomic E-state index is 0.155. The van der Waals surface area contributed by atoms with Crippen LogP contribution < -0.4 is 5.73 Å². The van der Waals surface area contributed by atoms with Crippen molar-refractivity contribution in [3.05, 3.63) is 29.8 Å². The van der Waals surface area contributed by atoms with E-state index in [9.17, 15) is 8.42 Å². The molecule has 0 heterocycles. The highest BCUT2D eigenvalue weighted by atomic mass is 32.2. The van der Waals surface area contributed by atoms with Crippen molar-refractivity contribution in [3.63, 3.8) is 0 Å². The summed E-state index contributed by atoms with van der Waals surface area (Å²) in [6.45, 7) is 7.01. The number of rotatable bonds is 7. The topological polar surface area (TPSA) is 87.2 Å². The highest BCUT2D eigenvalue weighted by Crippen LogP contribution is 2.23. The summed E-state index contributed by atoms with van der Waals surface area (Å²) in [5, 5.41) is 8.92. The number of nitrogens with two attached hydrogens (primary N) is 1. The molecule has 116 valence electrons. The van der Waals surface area contributed by atoms with E-state index >= 15 is 0 Å². The van der Waals surface area contributed by atoms with E-state index in [1.807, 2.05) is 26.8 Å². The van der Waals surface area contributed by atoms with Crippen LogP contribution in [-0.2, 0) is 10.0 Å². The lowest BCUT2D eigenvalue weighted by Gasteiger charge is -2.31. The number of sulfonamides is 1. The van der Waals surface area contributed by atoms with Gasteiger partial charge in [-0.2, -0.15) is 9.57 Å². The quantitative estimate of drug-likeness (QED) is 0.834. The summed E-state index contributed by atoms with van der Waals surface area (Å²) in [4.78, 5) is 0.155. The highest BCUT2D eigenvalue weighted by molar-refractivity contribution is 7.89. The Morgan fingerprint density at radius 2 is 2.05 bits per heavy atom.